The van der Waals surface area contributed by atoms with E-state index in [9.17, 15) is 9.59 Å². The molecule has 1 aromatic rings. The van der Waals surface area contributed by atoms with Gasteiger partial charge in [0.1, 0.15) is 13.2 Å². The van der Waals surface area contributed by atoms with E-state index in [1.54, 1.807) is 12.1 Å². The fraction of sp³-hybridized carbons (Fsp3) is 0.467. The molecular formula is C15H18N2O4. The van der Waals surface area contributed by atoms with Gasteiger partial charge in [0.05, 0.1) is 11.3 Å². The Labute approximate surface area is 122 Å². The molecule has 0 aromatic heterocycles. The zero-order chi connectivity index (χ0) is 14.8. The lowest BCUT2D eigenvalue weighted by atomic mass is 10.1. The van der Waals surface area contributed by atoms with Crippen molar-refractivity contribution in [1.29, 1.82) is 0 Å². The molecule has 2 aliphatic rings. The number of amides is 1. The Kier molecular flexibility index (Phi) is 3.68. The zero-order valence-corrected chi connectivity index (χ0v) is 11.7. The van der Waals surface area contributed by atoms with Crippen molar-refractivity contribution in [3.63, 3.8) is 0 Å². The minimum Gasteiger partial charge on any atom is -0.489 e. The Bertz CT molecular complexity index is 569. The largest absolute Gasteiger partial charge is 0.489 e. The molecular weight excluding hydrogens is 272 g/mol. The number of carbonyl (C=O) groups excluding carboxylic acids is 1. The van der Waals surface area contributed by atoms with Crippen molar-refractivity contribution in [3.05, 3.63) is 23.8 Å². The third-order valence-electron chi connectivity index (χ3n) is 3.70. The normalized spacial score (nSPS) is 16.4. The summed E-state index contributed by atoms with van der Waals surface area (Å²) < 4.78 is 5.59. The molecule has 6 nitrogen and oxygen atoms in total. The Morgan fingerprint density at radius 1 is 1.38 bits per heavy atom. The van der Waals surface area contributed by atoms with Gasteiger partial charge in [-0.3, -0.25) is 9.59 Å². The van der Waals surface area contributed by atoms with Gasteiger partial charge in [0.25, 0.3) is 5.91 Å². The molecule has 1 aliphatic carbocycles. The maximum absolute atomic E-state index is 12.7. The number of nitrogens with zero attached hydrogens (tertiary/aromatic N) is 1. The van der Waals surface area contributed by atoms with Crippen LogP contribution in [0, 0.1) is 5.92 Å². The SMILES string of the molecule is O=C(O)CN(CC1CC1)C(=O)c1cccc2c1OCCN2. The number of para-hydroxylation sites is 1. The number of carboxylic acids is 1. The van der Waals surface area contributed by atoms with Crippen LogP contribution in [0.3, 0.4) is 0 Å². The summed E-state index contributed by atoms with van der Waals surface area (Å²) in [5, 5.41) is 12.2. The maximum Gasteiger partial charge on any atom is 0.323 e. The van der Waals surface area contributed by atoms with Gasteiger partial charge in [-0.15, -0.1) is 0 Å². The summed E-state index contributed by atoms with van der Waals surface area (Å²) in [5.41, 5.74) is 1.22. The average Bonchev–Trinajstić information content (AvgIpc) is 3.29. The van der Waals surface area contributed by atoms with Crippen molar-refractivity contribution in [2.24, 2.45) is 5.92 Å². The smallest absolute Gasteiger partial charge is 0.323 e. The summed E-state index contributed by atoms with van der Waals surface area (Å²) in [6.07, 6.45) is 2.13. The second kappa shape index (κ2) is 5.63. The van der Waals surface area contributed by atoms with Gasteiger partial charge < -0.3 is 20.1 Å². The number of anilines is 1. The standard InChI is InChI=1S/C15H18N2O4/c18-13(19)9-17(8-10-4-5-10)15(20)11-2-1-3-12-14(11)21-7-6-16-12/h1-3,10,16H,4-9H2,(H,18,19). The van der Waals surface area contributed by atoms with Crippen LogP contribution in [0.5, 0.6) is 5.75 Å². The van der Waals surface area contributed by atoms with Crippen LogP contribution in [-0.2, 0) is 4.79 Å². The highest BCUT2D eigenvalue weighted by Crippen LogP contribution is 2.34. The molecule has 3 rings (SSSR count). The minimum atomic E-state index is -0.993. The van der Waals surface area contributed by atoms with E-state index in [0.717, 1.165) is 18.5 Å². The minimum absolute atomic E-state index is 0.271. The van der Waals surface area contributed by atoms with Crippen molar-refractivity contribution in [2.45, 2.75) is 12.8 Å². The molecule has 2 N–H and O–H groups in total. The third-order valence-corrected chi connectivity index (χ3v) is 3.70. The molecule has 1 aromatic carbocycles. The first-order valence-corrected chi connectivity index (χ1v) is 7.16. The molecule has 1 fully saturated rings. The molecule has 0 atom stereocenters. The van der Waals surface area contributed by atoms with Crippen LogP contribution >= 0.6 is 0 Å². The summed E-state index contributed by atoms with van der Waals surface area (Å²) in [4.78, 5) is 25.1. The van der Waals surface area contributed by atoms with E-state index >= 15 is 0 Å². The topological polar surface area (TPSA) is 78.9 Å². The third kappa shape index (κ3) is 3.09. The molecule has 1 saturated carbocycles. The highest BCUT2D eigenvalue weighted by molar-refractivity contribution is 6.00. The van der Waals surface area contributed by atoms with Crippen LogP contribution in [-0.4, -0.2) is 48.1 Å². The quantitative estimate of drug-likeness (QED) is 0.857. The number of nitrogens with one attached hydrogen (secondary N) is 1. The molecule has 112 valence electrons. The first-order valence-electron chi connectivity index (χ1n) is 7.16. The lowest BCUT2D eigenvalue weighted by molar-refractivity contribution is -0.137. The Morgan fingerprint density at radius 3 is 2.90 bits per heavy atom. The van der Waals surface area contributed by atoms with Crippen molar-refractivity contribution in [2.75, 3.05) is 31.6 Å². The van der Waals surface area contributed by atoms with Crippen LogP contribution in [0.2, 0.25) is 0 Å². The molecule has 1 amide bonds. The summed E-state index contributed by atoms with van der Waals surface area (Å²) in [7, 11) is 0. The molecule has 6 heteroatoms. The van der Waals surface area contributed by atoms with E-state index in [-0.39, 0.29) is 12.5 Å². The van der Waals surface area contributed by atoms with Crippen LogP contribution in [0.25, 0.3) is 0 Å². The highest BCUT2D eigenvalue weighted by atomic mass is 16.5. The predicted molar refractivity (Wildman–Crippen MR) is 76.7 cm³/mol. The maximum atomic E-state index is 12.7. The van der Waals surface area contributed by atoms with Gasteiger partial charge in [-0.05, 0) is 30.9 Å². The van der Waals surface area contributed by atoms with Crippen molar-refractivity contribution in [1.82, 2.24) is 4.90 Å². The number of aliphatic carboxylic acids is 1. The van der Waals surface area contributed by atoms with Crippen LogP contribution in [0.15, 0.2) is 18.2 Å². The van der Waals surface area contributed by atoms with E-state index in [0.29, 0.717) is 36.9 Å². The van der Waals surface area contributed by atoms with Gasteiger partial charge in [0, 0.05) is 13.1 Å². The van der Waals surface area contributed by atoms with Gasteiger partial charge in [0.2, 0.25) is 0 Å². The fourth-order valence-corrected chi connectivity index (χ4v) is 2.50. The summed E-state index contributed by atoms with van der Waals surface area (Å²) in [6, 6.07) is 5.33. The van der Waals surface area contributed by atoms with Crippen LogP contribution in [0.1, 0.15) is 23.2 Å². The molecule has 1 heterocycles. The number of carboxylic acid groups (broad SMARTS) is 1. The van der Waals surface area contributed by atoms with Crippen LogP contribution < -0.4 is 10.1 Å². The molecule has 1 aliphatic heterocycles. The number of hydrogen-bond donors (Lipinski definition) is 2. The molecule has 0 radical (unpaired) electrons. The monoisotopic (exact) mass is 290 g/mol. The lowest BCUT2D eigenvalue weighted by Gasteiger charge is -2.25. The number of carbonyl (C=O) groups is 2. The van der Waals surface area contributed by atoms with Gasteiger partial charge in [-0.25, -0.2) is 0 Å². The van der Waals surface area contributed by atoms with Crippen LogP contribution in [0.4, 0.5) is 5.69 Å². The highest BCUT2D eigenvalue weighted by Gasteiger charge is 2.30. The summed E-state index contributed by atoms with van der Waals surface area (Å²) in [5.74, 6) is -0.301. The number of benzene rings is 1. The van der Waals surface area contributed by atoms with Crippen molar-refractivity contribution >= 4 is 17.6 Å². The molecule has 21 heavy (non-hydrogen) atoms. The van der Waals surface area contributed by atoms with Gasteiger partial charge in [-0.1, -0.05) is 6.07 Å². The summed E-state index contributed by atoms with van der Waals surface area (Å²) in [6.45, 7) is 1.43. The number of rotatable bonds is 5. The first-order chi connectivity index (χ1) is 10.1. The van der Waals surface area contributed by atoms with Gasteiger partial charge in [0.15, 0.2) is 5.75 Å². The molecule has 0 spiro atoms. The number of ether oxygens (including phenoxy) is 1. The second-order valence-corrected chi connectivity index (χ2v) is 5.48. The van der Waals surface area contributed by atoms with E-state index in [2.05, 4.69) is 5.32 Å². The molecule has 0 bridgehead atoms. The average molecular weight is 290 g/mol. The predicted octanol–water partition coefficient (Wildman–Crippen LogP) is 1.43. The zero-order valence-electron chi connectivity index (χ0n) is 11.7. The van der Waals surface area contributed by atoms with E-state index < -0.39 is 5.97 Å². The summed E-state index contributed by atoms with van der Waals surface area (Å²) >= 11 is 0. The number of fused-ring (bicyclic) bond motifs is 1. The Morgan fingerprint density at radius 2 is 2.19 bits per heavy atom. The van der Waals surface area contributed by atoms with Gasteiger partial charge in [-0.2, -0.15) is 0 Å². The van der Waals surface area contributed by atoms with Crippen molar-refractivity contribution < 1.29 is 19.4 Å². The van der Waals surface area contributed by atoms with Gasteiger partial charge >= 0.3 is 5.97 Å². The lowest BCUT2D eigenvalue weighted by Crippen LogP contribution is -2.37. The van der Waals surface area contributed by atoms with E-state index in [4.69, 9.17) is 9.84 Å². The van der Waals surface area contributed by atoms with E-state index in [1.807, 2.05) is 6.07 Å². The number of hydrogen-bond acceptors (Lipinski definition) is 4. The molecule has 0 saturated heterocycles. The Balaban J connectivity index is 1.86. The Hall–Kier alpha value is -2.24. The van der Waals surface area contributed by atoms with E-state index in [1.165, 1.54) is 4.90 Å². The first kappa shape index (κ1) is 13.7. The second-order valence-electron chi connectivity index (χ2n) is 5.48. The molecule has 0 unspecified atom stereocenters. The fourth-order valence-electron chi connectivity index (χ4n) is 2.50. The van der Waals surface area contributed by atoms with Crippen molar-refractivity contribution in [3.8, 4) is 5.75 Å².